The van der Waals surface area contributed by atoms with Gasteiger partial charge in [-0.05, 0) is 60.7 Å². The van der Waals surface area contributed by atoms with E-state index in [1.165, 1.54) is 0 Å². The molecule has 0 radical (unpaired) electrons. The summed E-state index contributed by atoms with van der Waals surface area (Å²) >= 11 is 12.0. The number of hydrogen-bond acceptors (Lipinski definition) is 5. The zero-order valence-electron chi connectivity index (χ0n) is 22.1. The van der Waals surface area contributed by atoms with Crippen molar-refractivity contribution in [2.75, 3.05) is 17.3 Å². The summed E-state index contributed by atoms with van der Waals surface area (Å²) in [5, 5.41) is 7.56. The van der Waals surface area contributed by atoms with Crippen LogP contribution in [0, 0.1) is 5.41 Å². The number of ether oxygens (including phenoxy) is 1. The van der Waals surface area contributed by atoms with Crippen LogP contribution in [0.4, 0.5) is 11.4 Å². The van der Waals surface area contributed by atoms with Gasteiger partial charge in [0.25, 0.3) is 0 Å². The Balaban J connectivity index is 1.60. The Bertz CT molecular complexity index is 1500. The molecule has 0 spiro atoms. The quantitative estimate of drug-likeness (QED) is 0.276. The van der Waals surface area contributed by atoms with E-state index >= 15 is 0 Å². The predicted octanol–water partition coefficient (Wildman–Crippen LogP) is 6.09. The van der Waals surface area contributed by atoms with Crippen molar-refractivity contribution >= 4 is 46.2 Å². The monoisotopic (exact) mass is 560 g/mol. The smallest absolute Gasteiger partial charge is 0.229 e. The molecule has 200 valence electrons. The maximum absolute atomic E-state index is 12.7. The van der Waals surface area contributed by atoms with Gasteiger partial charge in [-0.3, -0.25) is 9.78 Å². The van der Waals surface area contributed by atoms with Crippen molar-refractivity contribution in [1.82, 2.24) is 19.9 Å². The van der Waals surface area contributed by atoms with Gasteiger partial charge in [0.15, 0.2) is 5.11 Å². The van der Waals surface area contributed by atoms with Crippen molar-refractivity contribution < 1.29 is 9.53 Å². The predicted molar refractivity (Wildman–Crippen MR) is 158 cm³/mol. The summed E-state index contributed by atoms with van der Waals surface area (Å²) < 4.78 is 7.71. The maximum atomic E-state index is 12.7. The van der Waals surface area contributed by atoms with E-state index in [9.17, 15) is 4.79 Å². The molecule has 2 N–H and O–H groups in total. The van der Waals surface area contributed by atoms with Crippen molar-refractivity contribution in [3.8, 4) is 11.6 Å². The molecule has 3 aromatic heterocycles. The van der Waals surface area contributed by atoms with Gasteiger partial charge in [-0.2, -0.15) is 0 Å². The zero-order chi connectivity index (χ0) is 27.7. The van der Waals surface area contributed by atoms with Gasteiger partial charge in [0.2, 0.25) is 5.91 Å². The molecule has 4 heterocycles. The number of pyridine rings is 2. The summed E-state index contributed by atoms with van der Waals surface area (Å²) in [6.07, 6.45) is 5.36. The molecular formula is C29H29ClN6O2S. The second-order valence-corrected chi connectivity index (χ2v) is 11.0. The SMILES string of the molecule is COc1cc(N2C(=S)N[C@H](c3ccccn3)[C@H]2c2cccn2-c2ccc(Cl)cn2)ccc1NC(=O)C(C)(C)C. The van der Waals surface area contributed by atoms with Crippen LogP contribution >= 0.6 is 23.8 Å². The Kier molecular flexibility index (Phi) is 7.29. The molecule has 1 saturated heterocycles. The molecule has 2 atom stereocenters. The van der Waals surface area contributed by atoms with E-state index in [1.807, 2.05) is 91.0 Å². The first-order chi connectivity index (χ1) is 18.7. The maximum Gasteiger partial charge on any atom is 0.229 e. The highest BCUT2D eigenvalue weighted by Crippen LogP contribution is 2.44. The van der Waals surface area contributed by atoms with E-state index in [4.69, 9.17) is 28.6 Å². The van der Waals surface area contributed by atoms with Crippen LogP contribution in [0.15, 0.2) is 79.3 Å². The van der Waals surface area contributed by atoms with E-state index in [2.05, 4.69) is 26.7 Å². The number of halogens is 1. The number of hydrogen-bond donors (Lipinski definition) is 2. The third-order valence-corrected chi connectivity index (χ3v) is 7.07. The highest BCUT2D eigenvalue weighted by atomic mass is 35.5. The molecule has 39 heavy (non-hydrogen) atoms. The molecule has 0 saturated carbocycles. The fraction of sp³-hybridized carbons (Fsp3) is 0.241. The molecule has 1 amide bonds. The normalized spacial score (nSPS) is 17.2. The average Bonchev–Trinajstić information content (AvgIpc) is 3.53. The third-order valence-electron chi connectivity index (χ3n) is 6.53. The second-order valence-electron chi connectivity index (χ2n) is 10.2. The number of methoxy groups -OCH3 is 1. The molecular weight excluding hydrogens is 532 g/mol. The van der Waals surface area contributed by atoms with Gasteiger partial charge in [-0.25, -0.2) is 4.98 Å². The molecule has 1 fully saturated rings. The summed E-state index contributed by atoms with van der Waals surface area (Å²) in [5.74, 6) is 1.16. The van der Waals surface area contributed by atoms with Crippen molar-refractivity contribution in [3.63, 3.8) is 0 Å². The minimum Gasteiger partial charge on any atom is -0.494 e. The molecule has 0 bridgehead atoms. The fourth-order valence-corrected chi connectivity index (χ4v) is 4.99. The molecule has 1 aromatic carbocycles. The lowest BCUT2D eigenvalue weighted by atomic mass is 9.95. The summed E-state index contributed by atoms with van der Waals surface area (Å²) in [6, 6.07) is 18.7. The number of nitrogens with one attached hydrogen (secondary N) is 2. The van der Waals surface area contributed by atoms with Crippen molar-refractivity contribution in [3.05, 3.63) is 95.7 Å². The van der Waals surface area contributed by atoms with Gasteiger partial charge in [0.1, 0.15) is 17.6 Å². The Morgan fingerprint density at radius 1 is 1.10 bits per heavy atom. The van der Waals surface area contributed by atoms with Gasteiger partial charge in [-0.15, -0.1) is 0 Å². The summed E-state index contributed by atoms with van der Waals surface area (Å²) in [7, 11) is 1.58. The largest absolute Gasteiger partial charge is 0.494 e. The van der Waals surface area contributed by atoms with Crippen LogP contribution in [0.25, 0.3) is 5.82 Å². The minimum atomic E-state index is -0.549. The number of benzene rings is 1. The molecule has 8 nitrogen and oxygen atoms in total. The Labute approximate surface area is 238 Å². The van der Waals surface area contributed by atoms with E-state index in [0.717, 1.165) is 22.9 Å². The minimum absolute atomic E-state index is 0.103. The molecule has 0 unspecified atom stereocenters. The lowest BCUT2D eigenvalue weighted by Gasteiger charge is -2.29. The van der Waals surface area contributed by atoms with Crippen molar-refractivity contribution in [1.29, 1.82) is 0 Å². The van der Waals surface area contributed by atoms with E-state index < -0.39 is 5.41 Å². The van der Waals surface area contributed by atoms with Crippen LogP contribution in [0.2, 0.25) is 5.02 Å². The molecule has 10 heteroatoms. The lowest BCUT2D eigenvalue weighted by Crippen LogP contribution is -2.30. The van der Waals surface area contributed by atoms with Crippen LogP contribution in [0.5, 0.6) is 5.75 Å². The highest BCUT2D eigenvalue weighted by Gasteiger charge is 2.42. The number of carbonyl (C=O) groups is 1. The summed E-state index contributed by atoms with van der Waals surface area (Å²) in [6.45, 7) is 5.60. The van der Waals surface area contributed by atoms with Crippen molar-refractivity contribution in [2.24, 2.45) is 5.41 Å². The number of thiocarbonyl (C=S) groups is 1. The number of amides is 1. The highest BCUT2D eigenvalue weighted by molar-refractivity contribution is 7.80. The Morgan fingerprint density at radius 2 is 1.92 bits per heavy atom. The van der Waals surface area contributed by atoms with Gasteiger partial charge < -0.3 is 24.8 Å². The molecule has 4 aromatic rings. The lowest BCUT2D eigenvalue weighted by molar-refractivity contribution is -0.123. The first kappa shape index (κ1) is 26.6. The van der Waals surface area contributed by atoms with Crippen molar-refractivity contribution in [2.45, 2.75) is 32.9 Å². The van der Waals surface area contributed by atoms with Gasteiger partial charge in [0, 0.05) is 41.5 Å². The van der Waals surface area contributed by atoms with Crippen LogP contribution in [-0.2, 0) is 4.79 Å². The number of aromatic nitrogens is 3. The molecule has 5 rings (SSSR count). The summed E-state index contributed by atoms with van der Waals surface area (Å²) in [5.41, 5.74) is 2.65. The van der Waals surface area contributed by atoms with E-state index in [1.54, 1.807) is 19.5 Å². The third kappa shape index (κ3) is 5.32. The van der Waals surface area contributed by atoms with Gasteiger partial charge in [0.05, 0.1) is 29.6 Å². The van der Waals surface area contributed by atoms with Crippen LogP contribution in [0.1, 0.15) is 44.2 Å². The van der Waals surface area contributed by atoms with E-state index in [-0.39, 0.29) is 18.0 Å². The Hall–Kier alpha value is -3.95. The molecule has 1 aliphatic heterocycles. The van der Waals surface area contributed by atoms with E-state index in [0.29, 0.717) is 21.6 Å². The number of anilines is 2. The second kappa shape index (κ2) is 10.7. The fourth-order valence-electron chi connectivity index (χ4n) is 4.53. The number of rotatable bonds is 6. The molecule has 0 aliphatic carbocycles. The Morgan fingerprint density at radius 3 is 2.59 bits per heavy atom. The summed E-state index contributed by atoms with van der Waals surface area (Å²) in [4.78, 5) is 23.9. The first-order valence-electron chi connectivity index (χ1n) is 12.5. The topological polar surface area (TPSA) is 84.3 Å². The van der Waals surface area contributed by atoms with Crippen LogP contribution < -0.4 is 20.3 Å². The van der Waals surface area contributed by atoms with Crippen LogP contribution in [-0.4, -0.2) is 32.7 Å². The first-order valence-corrected chi connectivity index (χ1v) is 13.3. The average molecular weight is 561 g/mol. The molecule has 1 aliphatic rings. The van der Waals surface area contributed by atoms with Gasteiger partial charge in [-0.1, -0.05) is 38.4 Å². The number of nitrogens with zero attached hydrogens (tertiary/aromatic N) is 4. The standard InChI is InChI=1S/C29H29ClN6O2S/c1-29(2,3)27(37)33-20-12-11-19(16-23(20)38-4)36-26(25(34-28(36)39)21-8-5-6-14-31-21)22-9-7-15-35(22)24-13-10-18(30)17-32-24/h5-17,25-26H,1-4H3,(H,33,37)(H,34,39)/t25-,26-/m1/s1. The number of carbonyl (C=O) groups excluding carboxylic acids is 1. The zero-order valence-corrected chi connectivity index (χ0v) is 23.6. The van der Waals surface area contributed by atoms with Crippen LogP contribution in [0.3, 0.4) is 0 Å². The van der Waals surface area contributed by atoms with Gasteiger partial charge >= 0.3 is 0 Å².